The fraction of sp³-hybridized carbons (Fsp3) is 0.286. The van der Waals surface area contributed by atoms with Crippen molar-refractivity contribution >= 4 is 11.6 Å². The molecule has 3 nitrogen and oxygen atoms in total. The quantitative estimate of drug-likeness (QED) is 0.776. The molecule has 112 valence electrons. The molecule has 0 N–H and O–H groups in total. The van der Waals surface area contributed by atoms with E-state index in [9.17, 15) is 13.2 Å². The van der Waals surface area contributed by atoms with Crippen molar-refractivity contribution in [3.63, 3.8) is 0 Å². The first-order chi connectivity index (χ1) is 9.75. The van der Waals surface area contributed by atoms with Gasteiger partial charge in [-0.05, 0) is 38.1 Å². The lowest BCUT2D eigenvalue weighted by Gasteiger charge is -2.11. The largest absolute Gasteiger partial charge is 0.491 e. The Hall–Kier alpha value is -1.82. The standard InChI is InChI=1S/C14H12ClF3N2O/c1-8(2)21-10-5-3-9(4-6-10)11-7-12(15)20-13(19-11)14(16,17)18/h3-8H,1-2H3. The number of hydrogen-bond acceptors (Lipinski definition) is 3. The summed E-state index contributed by atoms with van der Waals surface area (Å²) in [4.78, 5) is 6.70. The normalized spacial score (nSPS) is 11.8. The van der Waals surface area contributed by atoms with Gasteiger partial charge >= 0.3 is 6.18 Å². The lowest BCUT2D eigenvalue weighted by molar-refractivity contribution is -0.144. The molecule has 1 aromatic carbocycles. The summed E-state index contributed by atoms with van der Waals surface area (Å²) in [7, 11) is 0. The van der Waals surface area contributed by atoms with Crippen LogP contribution in [-0.4, -0.2) is 16.1 Å². The van der Waals surface area contributed by atoms with Gasteiger partial charge in [0.15, 0.2) is 0 Å². The molecule has 0 saturated carbocycles. The smallest absolute Gasteiger partial charge is 0.451 e. The van der Waals surface area contributed by atoms with Crippen molar-refractivity contribution in [1.29, 1.82) is 0 Å². The van der Waals surface area contributed by atoms with Gasteiger partial charge in [-0.25, -0.2) is 9.97 Å². The first-order valence-electron chi connectivity index (χ1n) is 6.14. The van der Waals surface area contributed by atoms with E-state index in [-0.39, 0.29) is 17.0 Å². The van der Waals surface area contributed by atoms with Crippen molar-refractivity contribution in [2.75, 3.05) is 0 Å². The number of aromatic nitrogens is 2. The summed E-state index contributed by atoms with van der Waals surface area (Å²) in [6.07, 6.45) is -4.62. The zero-order valence-corrected chi connectivity index (χ0v) is 12.0. The summed E-state index contributed by atoms with van der Waals surface area (Å²) in [5.41, 5.74) is 0.610. The van der Waals surface area contributed by atoms with Crippen molar-refractivity contribution in [3.8, 4) is 17.0 Å². The number of hydrogen-bond donors (Lipinski definition) is 0. The van der Waals surface area contributed by atoms with E-state index >= 15 is 0 Å². The van der Waals surface area contributed by atoms with E-state index in [0.29, 0.717) is 11.3 Å². The minimum atomic E-state index is -4.64. The Bertz CT molecular complexity index is 627. The van der Waals surface area contributed by atoms with Crippen molar-refractivity contribution in [2.45, 2.75) is 26.1 Å². The van der Waals surface area contributed by atoms with Gasteiger partial charge in [-0.3, -0.25) is 0 Å². The molecule has 0 bridgehead atoms. The minimum absolute atomic E-state index is 0.0150. The van der Waals surface area contributed by atoms with E-state index in [2.05, 4.69) is 9.97 Å². The first-order valence-corrected chi connectivity index (χ1v) is 6.52. The van der Waals surface area contributed by atoms with E-state index < -0.39 is 12.0 Å². The van der Waals surface area contributed by atoms with Crippen molar-refractivity contribution in [3.05, 3.63) is 41.3 Å². The van der Waals surface area contributed by atoms with Gasteiger partial charge < -0.3 is 4.74 Å². The number of rotatable bonds is 3. The molecule has 0 amide bonds. The second-order valence-corrected chi connectivity index (χ2v) is 4.98. The molecule has 7 heteroatoms. The van der Waals surface area contributed by atoms with Crippen LogP contribution in [0.4, 0.5) is 13.2 Å². The van der Waals surface area contributed by atoms with Crippen LogP contribution in [0.25, 0.3) is 11.3 Å². The molecule has 21 heavy (non-hydrogen) atoms. The van der Waals surface area contributed by atoms with E-state index in [1.165, 1.54) is 6.07 Å². The van der Waals surface area contributed by atoms with Crippen molar-refractivity contribution < 1.29 is 17.9 Å². The molecule has 0 spiro atoms. The third-order valence-electron chi connectivity index (χ3n) is 2.47. The second kappa shape index (κ2) is 5.89. The average molecular weight is 317 g/mol. The maximum Gasteiger partial charge on any atom is 0.451 e. The summed E-state index contributed by atoms with van der Waals surface area (Å²) in [5.74, 6) is -0.627. The predicted octanol–water partition coefficient (Wildman–Crippen LogP) is 4.60. The SMILES string of the molecule is CC(C)Oc1ccc(-c2cc(Cl)nc(C(F)(F)F)n2)cc1. The van der Waals surface area contributed by atoms with Gasteiger partial charge in [0.25, 0.3) is 0 Å². The van der Waals surface area contributed by atoms with Gasteiger partial charge in [-0.2, -0.15) is 13.2 Å². The summed E-state index contributed by atoms with van der Waals surface area (Å²) in [6, 6.07) is 7.86. The zero-order valence-electron chi connectivity index (χ0n) is 11.3. The second-order valence-electron chi connectivity index (χ2n) is 4.59. The fourth-order valence-electron chi connectivity index (χ4n) is 1.67. The molecule has 0 radical (unpaired) electrons. The van der Waals surface area contributed by atoms with E-state index in [4.69, 9.17) is 16.3 Å². The lowest BCUT2D eigenvalue weighted by Crippen LogP contribution is -2.11. The van der Waals surface area contributed by atoms with Crippen LogP contribution in [0.15, 0.2) is 30.3 Å². The van der Waals surface area contributed by atoms with Gasteiger partial charge in [-0.15, -0.1) is 0 Å². The van der Waals surface area contributed by atoms with Gasteiger partial charge in [0.2, 0.25) is 5.82 Å². The van der Waals surface area contributed by atoms with E-state index in [1.54, 1.807) is 24.3 Å². The molecule has 2 aromatic rings. The average Bonchev–Trinajstić information content (AvgIpc) is 2.37. The molecule has 1 aromatic heterocycles. The van der Waals surface area contributed by atoms with Gasteiger partial charge in [0, 0.05) is 11.6 Å². The Balaban J connectivity index is 2.35. The van der Waals surface area contributed by atoms with Crippen molar-refractivity contribution in [2.24, 2.45) is 0 Å². The Morgan fingerprint density at radius 1 is 1.10 bits per heavy atom. The molecule has 2 rings (SSSR count). The number of nitrogens with zero attached hydrogens (tertiary/aromatic N) is 2. The van der Waals surface area contributed by atoms with Crippen LogP contribution in [0, 0.1) is 0 Å². The number of benzene rings is 1. The fourth-order valence-corrected chi connectivity index (χ4v) is 1.85. The lowest BCUT2D eigenvalue weighted by atomic mass is 10.1. The molecule has 1 heterocycles. The summed E-state index contributed by atoms with van der Waals surface area (Å²) in [6.45, 7) is 3.77. The molecule has 0 unspecified atom stereocenters. The maximum atomic E-state index is 12.7. The van der Waals surface area contributed by atoms with Crippen LogP contribution in [0.5, 0.6) is 5.75 Å². The monoisotopic (exact) mass is 316 g/mol. The molecule has 0 fully saturated rings. The first kappa shape index (κ1) is 15.6. The molecule has 0 aliphatic rings. The molecule has 0 aliphatic carbocycles. The minimum Gasteiger partial charge on any atom is -0.491 e. The highest BCUT2D eigenvalue weighted by molar-refractivity contribution is 6.29. The Morgan fingerprint density at radius 3 is 2.24 bits per heavy atom. The van der Waals surface area contributed by atoms with Crippen LogP contribution >= 0.6 is 11.6 Å². The Kier molecular flexibility index (Phi) is 4.37. The van der Waals surface area contributed by atoms with Gasteiger partial charge in [0.05, 0.1) is 11.8 Å². The Labute approximate surface area is 124 Å². The number of alkyl halides is 3. The van der Waals surface area contributed by atoms with Gasteiger partial charge in [0.1, 0.15) is 10.9 Å². The maximum absolute atomic E-state index is 12.7. The molecular weight excluding hydrogens is 305 g/mol. The third-order valence-corrected chi connectivity index (χ3v) is 2.66. The molecule has 0 saturated heterocycles. The van der Waals surface area contributed by atoms with E-state index in [1.807, 2.05) is 13.8 Å². The highest BCUT2D eigenvalue weighted by atomic mass is 35.5. The van der Waals surface area contributed by atoms with Crippen LogP contribution in [0.3, 0.4) is 0 Å². The summed E-state index contributed by atoms with van der Waals surface area (Å²) < 4.78 is 43.5. The summed E-state index contributed by atoms with van der Waals surface area (Å²) in [5, 5.41) is -0.255. The van der Waals surface area contributed by atoms with Gasteiger partial charge in [-0.1, -0.05) is 11.6 Å². The van der Waals surface area contributed by atoms with E-state index in [0.717, 1.165) is 0 Å². The third kappa shape index (κ3) is 4.07. The van der Waals surface area contributed by atoms with Crippen LogP contribution < -0.4 is 4.74 Å². The predicted molar refractivity (Wildman–Crippen MR) is 73.2 cm³/mol. The van der Waals surface area contributed by atoms with Crippen LogP contribution in [0.1, 0.15) is 19.7 Å². The van der Waals surface area contributed by atoms with Crippen LogP contribution in [0.2, 0.25) is 5.15 Å². The molecule has 0 aliphatic heterocycles. The zero-order chi connectivity index (χ0) is 15.6. The number of halogens is 4. The highest BCUT2D eigenvalue weighted by Crippen LogP contribution is 2.30. The molecule has 0 atom stereocenters. The Morgan fingerprint density at radius 2 is 1.71 bits per heavy atom. The van der Waals surface area contributed by atoms with Crippen molar-refractivity contribution in [1.82, 2.24) is 9.97 Å². The number of ether oxygens (including phenoxy) is 1. The summed E-state index contributed by atoms with van der Waals surface area (Å²) >= 11 is 5.63. The topological polar surface area (TPSA) is 35.0 Å². The van der Waals surface area contributed by atoms with Crippen LogP contribution in [-0.2, 0) is 6.18 Å². The molecular formula is C14H12ClF3N2O. The highest BCUT2D eigenvalue weighted by Gasteiger charge is 2.35.